The maximum absolute atomic E-state index is 11.1. The molecule has 0 radical (unpaired) electrons. The average Bonchev–Trinajstić information content (AvgIpc) is 2.35. The molecular formula is C10H15N3O3. The second-order valence-corrected chi connectivity index (χ2v) is 3.18. The molecule has 0 atom stereocenters. The molecule has 6 nitrogen and oxygen atoms in total. The van der Waals surface area contributed by atoms with E-state index in [1.165, 1.54) is 7.11 Å². The number of anilines is 1. The van der Waals surface area contributed by atoms with Crippen molar-refractivity contribution in [3.05, 3.63) is 17.8 Å². The predicted molar refractivity (Wildman–Crippen MR) is 58.5 cm³/mol. The fourth-order valence-electron chi connectivity index (χ4n) is 1.09. The number of ether oxygens (including phenoxy) is 2. The van der Waals surface area contributed by atoms with Crippen LogP contribution in [0.25, 0.3) is 0 Å². The summed E-state index contributed by atoms with van der Waals surface area (Å²) in [4.78, 5) is 13.0. The van der Waals surface area contributed by atoms with E-state index in [0.29, 0.717) is 19.0 Å². The van der Waals surface area contributed by atoms with Crippen molar-refractivity contribution in [3.8, 4) is 0 Å². The van der Waals surface area contributed by atoms with Crippen molar-refractivity contribution in [2.45, 2.75) is 0 Å². The maximum atomic E-state index is 11.1. The molecule has 0 aliphatic rings. The third-order valence-electron chi connectivity index (χ3n) is 2.07. The summed E-state index contributed by atoms with van der Waals surface area (Å²) in [5.74, 6) is 0.197. The van der Waals surface area contributed by atoms with Crippen LogP contribution in [0, 0.1) is 0 Å². The number of esters is 1. The van der Waals surface area contributed by atoms with Gasteiger partial charge in [-0.25, -0.2) is 4.79 Å². The summed E-state index contributed by atoms with van der Waals surface area (Å²) in [5.41, 5.74) is 0.200. The molecule has 16 heavy (non-hydrogen) atoms. The van der Waals surface area contributed by atoms with Crippen LogP contribution in [0.2, 0.25) is 0 Å². The Hall–Kier alpha value is -1.69. The van der Waals surface area contributed by atoms with Crippen molar-refractivity contribution in [3.63, 3.8) is 0 Å². The molecule has 0 aromatic carbocycles. The maximum Gasteiger partial charge on any atom is 0.358 e. The zero-order chi connectivity index (χ0) is 12.0. The molecule has 0 saturated heterocycles. The van der Waals surface area contributed by atoms with Crippen LogP contribution in [0.15, 0.2) is 12.1 Å². The average molecular weight is 225 g/mol. The first-order chi connectivity index (χ1) is 7.69. The molecule has 0 aliphatic heterocycles. The topological polar surface area (TPSA) is 64.5 Å². The molecule has 1 heterocycles. The SMILES string of the molecule is COCCN(C)c1ccc(C(=O)OC)nn1. The third kappa shape index (κ3) is 3.16. The number of carbonyl (C=O) groups excluding carboxylic acids is 1. The third-order valence-corrected chi connectivity index (χ3v) is 2.07. The molecule has 0 amide bonds. The summed E-state index contributed by atoms with van der Waals surface area (Å²) in [7, 11) is 4.82. The fourth-order valence-corrected chi connectivity index (χ4v) is 1.09. The normalized spacial score (nSPS) is 9.94. The molecule has 1 aromatic rings. The molecule has 88 valence electrons. The first-order valence-corrected chi connectivity index (χ1v) is 4.81. The molecule has 0 fully saturated rings. The van der Waals surface area contributed by atoms with Crippen LogP contribution < -0.4 is 4.90 Å². The van der Waals surface area contributed by atoms with Crippen molar-refractivity contribution in [2.24, 2.45) is 0 Å². The minimum Gasteiger partial charge on any atom is -0.464 e. The van der Waals surface area contributed by atoms with Gasteiger partial charge in [0, 0.05) is 20.7 Å². The minimum atomic E-state index is -0.487. The highest BCUT2D eigenvalue weighted by Gasteiger charge is 2.09. The number of likely N-dealkylation sites (N-methyl/N-ethyl adjacent to an activating group) is 1. The highest BCUT2D eigenvalue weighted by molar-refractivity contribution is 5.86. The summed E-state index contributed by atoms with van der Waals surface area (Å²) in [6, 6.07) is 3.30. The van der Waals surface area contributed by atoms with Gasteiger partial charge in [0.25, 0.3) is 0 Å². The standard InChI is InChI=1S/C10H15N3O3/c1-13(6-7-15-2)9-5-4-8(11-12-9)10(14)16-3/h4-5H,6-7H2,1-3H3. The van der Waals surface area contributed by atoms with Gasteiger partial charge in [0.1, 0.15) is 0 Å². The first-order valence-electron chi connectivity index (χ1n) is 4.81. The predicted octanol–water partition coefficient (Wildman–Crippen LogP) is 0.346. The van der Waals surface area contributed by atoms with Crippen LogP contribution in [0.5, 0.6) is 0 Å². The number of hydrogen-bond acceptors (Lipinski definition) is 6. The van der Waals surface area contributed by atoms with Crippen molar-refractivity contribution in [2.75, 3.05) is 39.3 Å². The highest BCUT2D eigenvalue weighted by atomic mass is 16.5. The Balaban J connectivity index is 2.67. The van der Waals surface area contributed by atoms with Crippen molar-refractivity contribution in [1.29, 1.82) is 0 Å². The molecule has 0 spiro atoms. The Morgan fingerprint density at radius 1 is 1.38 bits per heavy atom. The van der Waals surface area contributed by atoms with Crippen LogP contribution in [0.3, 0.4) is 0 Å². The Morgan fingerprint density at radius 3 is 2.62 bits per heavy atom. The zero-order valence-corrected chi connectivity index (χ0v) is 9.64. The molecular weight excluding hydrogens is 210 g/mol. The van der Waals surface area contributed by atoms with E-state index in [1.54, 1.807) is 19.2 Å². The van der Waals surface area contributed by atoms with Gasteiger partial charge in [0.05, 0.1) is 13.7 Å². The van der Waals surface area contributed by atoms with Gasteiger partial charge in [-0.05, 0) is 12.1 Å². The van der Waals surface area contributed by atoms with Crippen molar-refractivity contribution < 1.29 is 14.3 Å². The monoisotopic (exact) mass is 225 g/mol. The number of methoxy groups -OCH3 is 2. The van der Waals surface area contributed by atoms with E-state index < -0.39 is 5.97 Å². The molecule has 0 saturated carbocycles. The van der Waals surface area contributed by atoms with Gasteiger partial charge >= 0.3 is 5.97 Å². The first kappa shape index (κ1) is 12.4. The largest absolute Gasteiger partial charge is 0.464 e. The Morgan fingerprint density at radius 2 is 2.12 bits per heavy atom. The molecule has 0 N–H and O–H groups in total. The molecule has 0 unspecified atom stereocenters. The lowest BCUT2D eigenvalue weighted by atomic mass is 10.4. The van der Waals surface area contributed by atoms with Gasteiger partial charge in [-0.1, -0.05) is 0 Å². The Kier molecular flexibility index (Phi) is 4.65. The Bertz CT molecular complexity index is 340. The van der Waals surface area contributed by atoms with E-state index >= 15 is 0 Å². The zero-order valence-electron chi connectivity index (χ0n) is 9.64. The summed E-state index contributed by atoms with van der Waals surface area (Å²) in [5, 5.41) is 7.69. The summed E-state index contributed by atoms with van der Waals surface area (Å²) < 4.78 is 9.48. The highest BCUT2D eigenvalue weighted by Crippen LogP contribution is 2.07. The number of nitrogens with zero attached hydrogens (tertiary/aromatic N) is 3. The lowest BCUT2D eigenvalue weighted by Crippen LogP contribution is -2.23. The van der Waals surface area contributed by atoms with Crippen molar-refractivity contribution >= 4 is 11.8 Å². The fraction of sp³-hybridized carbons (Fsp3) is 0.500. The number of carbonyl (C=O) groups is 1. The number of hydrogen-bond donors (Lipinski definition) is 0. The summed E-state index contributed by atoms with van der Waals surface area (Å²) in [6.07, 6.45) is 0. The van der Waals surface area contributed by atoms with Gasteiger partial charge in [-0.2, -0.15) is 0 Å². The molecule has 6 heteroatoms. The minimum absolute atomic E-state index is 0.200. The van der Waals surface area contributed by atoms with Crippen molar-refractivity contribution in [1.82, 2.24) is 10.2 Å². The van der Waals surface area contributed by atoms with Crippen LogP contribution in [-0.2, 0) is 9.47 Å². The van der Waals surface area contributed by atoms with E-state index in [4.69, 9.17) is 4.74 Å². The molecule has 0 aliphatic carbocycles. The van der Waals surface area contributed by atoms with Gasteiger partial charge in [0.15, 0.2) is 11.5 Å². The second-order valence-electron chi connectivity index (χ2n) is 3.18. The van der Waals surface area contributed by atoms with Crippen LogP contribution in [0.1, 0.15) is 10.5 Å². The second kappa shape index (κ2) is 6.02. The molecule has 1 rings (SSSR count). The van der Waals surface area contributed by atoms with E-state index in [1.807, 2.05) is 11.9 Å². The lowest BCUT2D eigenvalue weighted by molar-refractivity contribution is 0.0592. The van der Waals surface area contributed by atoms with E-state index in [9.17, 15) is 4.79 Å². The van der Waals surface area contributed by atoms with E-state index in [-0.39, 0.29) is 5.69 Å². The number of aromatic nitrogens is 2. The van der Waals surface area contributed by atoms with Crippen LogP contribution in [-0.4, -0.2) is 50.6 Å². The lowest BCUT2D eigenvalue weighted by Gasteiger charge is -2.16. The van der Waals surface area contributed by atoms with Gasteiger partial charge in [-0.15, -0.1) is 10.2 Å². The van der Waals surface area contributed by atoms with E-state index in [2.05, 4.69) is 14.9 Å². The quantitative estimate of drug-likeness (QED) is 0.673. The Labute approximate surface area is 94.2 Å². The number of rotatable bonds is 5. The smallest absolute Gasteiger partial charge is 0.358 e. The molecule has 0 bridgehead atoms. The van der Waals surface area contributed by atoms with Crippen LogP contribution in [0.4, 0.5) is 5.82 Å². The summed E-state index contributed by atoms with van der Waals surface area (Å²) >= 11 is 0. The van der Waals surface area contributed by atoms with Gasteiger partial charge in [-0.3, -0.25) is 0 Å². The summed E-state index contributed by atoms with van der Waals surface area (Å²) in [6.45, 7) is 1.32. The van der Waals surface area contributed by atoms with Gasteiger partial charge < -0.3 is 14.4 Å². The molecule has 1 aromatic heterocycles. The van der Waals surface area contributed by atoms with Crippen LogP contribution >= 0.6 is 0 Å². The van der Waals surface area contributed by atoms with Gasteiger partial charge in [0.2, 0.25) is 0 Å². The van der Waals surface area contributed by atoms with E-state index in [0.717, 1.165) is 0 Å².